The standard InChI is InChI=1S/C9H17N/c1-8(2)7-9(10-3)5-4-6-9/h4-5,8,10H,6-7H2,1-3H3/t9-/m1/s1. The highest BCUT2D eigenvalue weighted by molar-refractivity contribution is 5.19. The first-order chi connectivity index (χ1) is 4.68. The lowest BCUT2D eigenvalue weighted by Crippen LogP contribution is -2.45. The van der Waals surface area contributed by atoms with E-state index in [2.05, 4.69) is 31.3 Å². The molecule has 0 aromatic carbocycles. The molecule has 0 aromatic rings. The maximum absolute atomic E-state index is 3.36. The SMILES string of the molecule is CN[C@]1(CC(C)C)C=CC1. The lowest BCUT2D eigenvalue weighted by atomic mass is 9.79. The molecule has 58 valence electrons. The van der Waals surface area contributed by atoms with E-state index >= 15 is 0 Å². The minimum atomic E-state index is 0.355. The van der Waals surface area contributed by atoms with Crippen LogP contribution >= 0.6 is 0 Å². The molecule has 0 aliphatic heterocycles. The molecule has 10 heavy (non-hydrogen) atoms. The van der Waals surface area contributed by atoms with E-state index in [-0.39, 0.29) is 0 Å². The van der Waals surface area contributed by atoms with Gasteiger partial charge in [0, 0.05) is 5.54 Å². The van der Waals surface area contributed by atoms with Crippen molar-refractivity contribution < 1.29 is 0 Å². The van der Waals surface area contributed by atoms with Crippen LogP contribution in [0.2, 0.25) is 0 Å². The molecule has 1 N–H and O–H groups in total. The van der Waals surface area contributed by atoms with Crippen LogP contribution in [0, 0.1) is 5.92 Å². The Labute approximate surface area is 63.5 Å². The molecule has 0 saturated carbocycles. The van der Waals surface area contributed by atoms with Gasteiger partial charge in [-0.25, -0.2) is 0 Å². The Balaban J connectivity index is 2.42. The van der Waals surface area contributed by atoms with E-state index < -0.39 is 0 Å². The van der Waals surface area contributed by atoms with Crippen LogP contribution in [0.3, 0.4) is 0 Å². The molecule has 0 unspecified atom stereocenters. The van der Waals surface area contributed by atoms with Gasteiger partial charge in [0.1, 0.15) is 0 Å². The van der Waals surface area contributed by atoms with Gasteiger partial charge < -0.3 is 5.32 Å². The predicted molar refractivity (Wildman–Crippen MR) is 45.0 cm³/mol. The smallest absolute Gasteiger partial charge is 0.0399 e. The maximum atomic E-state index is 3.36. The van der Waals surface area contributed by atoms with Gasteiger partial charge in [-0.15, -0.1) is 0 Å². The minimum Gasteiger partial charge on any atom is -0.311 e. The van der Waals surface area contributed by atoms with E-state index in [1.165, 1.54) is 12.8 Å². The molecule has 0 amide bonds. The Bertz CT molecular complexity index is 138. The summed E-state index contributed by atoms with van der Waals surface area (Å²) in [5, 5.41) is 3.36. The van der Waals surface area contributed by atoms with Gasteiger partial charge in [-0.1, -0.05) is 26.0 Å². The molecule has 0 saturated heterocycles. The predicted octanol–water partition coefficient (Wildman–Crippen LogP) is 1.95. The van der Waals surface area contributed by atoms with Crippen molar-refractivity contribution >= 4 is 0 Å². The lowest BCUT2D eigenvalue weighted by Gasteiger charge is -2.37. The number of hydrogen-bond donors (Lipinski definition) is 1. The summed E-state index contributed by atoms with van der Waals surface area (Å²) in [6.07, 6.45) is 6.99. The summed E-state index contributed by atoms with van der Waals surface area (Å²) in [5.74, 6) is 0.789. The third-order valence-electron chi connectivity index (χ3n) is 2.19. The van der Waals surface area contributed by atoms with Gasteiger partial charge in [0.25, 0.3) is 0 Å². The zero-order valence-corrected chi connectivity index (χ0v) is 7.15. The van der Waals surface area contributed by atoms with E-state index in [0.717, 1.165) is 5.92 Å². The summed E-state index contributed by atoms with van der Waals surface area (Å²) in [4.78, 5) is 0. The largest absolute Gasteiger partial charge is 0.311 e. The van der Waals surface area contributed by atoms with Crippen LogP contribution in [0.5, 0.6) is 0 Å². The molecule has 0 bridgehead atoms. The molecular weight excluding hydrogens is 122 g/mol. The van der Waals surface area contributed by atoms with Crippen LogP contribution in [-0.4, -0.2) is 12.6 Å². The first-order valence-electron chi connectivity index (χ1n) is 4.05. The number of rotatable bonds is 3. The fraction of sp³-hybridized carbons (Fsp3) is 0.778. The third kappa shape index (κ3) is 1.40. The average molecular weight is 139 g/mol. The normalized spacial score (nSPS) is 30.8. The van der Waals surface area contributed by atoms with Crippen LogP contribution in [0.1, 0.15) is 26.7 Å². The van der Waals surface area contributed by atoms with Crippen LogP contribution in [0.15, 0.2) is 12.2 Å². The lowest BCUT2D eigenvalue weighted by molar-refractivity contribution is 0.329. The third-order valence-corrected chi connectivity index (χ3v) is 2.19. The highest BCUT2D eigenvalue weighted by Gasteiger charge is 2.29. The fourth-order valence-corrected chi connectivity index (χ4v) is 1.57. The highest BCUT2D eigenvalue weighted by Crippen LogP contribution is 2.29. The monoisotopic (exact) mass is 139 g/mol. The topological polar surface area (TPSA) is 12.0 Å². The Hall–Kier alpha value is -0.300. The average Bonchev–Trinajstić information content (AvgIpc) is 1.78. The summed E-state index contributed by atoms with van der Waals surface area (Å²) in [5.41, 5.74) is 0.355. The van der Waals surface area contributed by atoms with Crippen molar-refractivity contribution in [1.29, 1.82) is 0 Å². The van der Waals surface area contributed by atoms with E-state index in [9.17, 15) is 0 Å². The molecule has 1 nitrogen and oxygen atoms in total. The van der Waals surface area contributed by atoms with Crippen LogP contribution in [0.25, 0.3) is 0 Å². The quantitative estimate of drug-likeness (QED) is 0.589. The van der Waals surface area contributed by atoms with Crippen molar-refractivity contribution in [2.75, 3.05) is 7.05 Å². The second kappa shape index (κ2) is 2.75. The summed E-state index contributed by atoms with van der Waals surface area (Å²) in [6.45, 7) is 4.54. The fourth-order valence-electron chi connectivity index (χ4n) is 1.57. The van der Waals surface area contributed by atoms with Gasteiger partial charge in [-0.05, 0) is 25.8 Å². The molecule has 1 heteroatoms. The van der Waals surface area contributed by atoms with Crippen molar-refractivity contribution in [3.05, 3.63) is 12.2 Å². The van der Waals surface area contributed by atoms with Crippen molar-refractivity contribution in [2.45, 2.75) is 32.2 Å². The molecule has 0 spiro atoms. The van der Waals surface area contributed by atoms with Gasteiger partial charge >= 0.3 is 0 Å². The van der Waals surface area contributed by atoms with Gasteiger partial charge in [0.2, 0.25) is 0 Å². The Kier molecular flexibility index (Phi) is 2.14. The zero-order chi connectivity index (χ0) is 7.61. The maximum Gasteiger partial charge on any atom is 0.0399 e. The van der Waals surface area contributed by atoms with E-state index in [1.54, 1.807) is 0 Å². The molecule has 0 aromatic heterocycles. The Morgan fingerprint density at radius 1 is 1.60 bits per heavy atom. The molecule has 1 atom stereocenters. The Morgan fingerprint density at radius 3 is 2.30 bits per heavy atom. The molecule has 1 aliphatic rings. The summed E-state index contributed by atoms with van der Waals surface area (Å²) in [7, 11) is 2.05. The molecular formula is C9H17N. The van der Waals surface area contributed by atoms with Crippen molar-refractivity contribution in [1.82, 2.24) is 5.32 Å². The second-order valence-electron chi connectivity index (χ2n) is 3.61. The van der Waals surface area contributed by atoms with Crippen LogP contribution in [0.4, 0.5) is 0 Å². The molecule has 0 heterocycles. The zero-order valence-electron chi connectivity index (χ0n) is 7.15. The molecule has 1 aliphatic carbocycles. The van der Waals surface area contributed by atoms with Gasteiger partial charge in [0.05, 0.1) is 0 Å². The van der Waals surface area contributed by atoms with Crippen molar-refractivity contribution in [2.24, 2.45) is 5.92 Å². The summed E-state index contributed by atoms with van der Waals surface area (Å²) in [6, 6.07) is 0. The van der Waals surface area contributed by atoms with Crippen LogP contribution in [-0.2, 0) is 0 Å². The van der Waals surface area contributed by atoms with Gasteiger partial charge in [0.15, 0.2) is 0 Å². The number of nitrogens with one attached hydrogen (secondary N) is 1. The summed E-state index contributed by atoms with van der Waals surface area (Å²) < 4.78 is 0. The molecule has 0 fully saturated rings. The van der Waals surface area contributed by atoms with E-state index in [0.29, 0.717) is 5.54 Å². The van der Waals surface area contributed by atoms with Crippen molar-refractivity contribution in [3.63, 3.8) is 0 Å². The second-order valence-corrected chi connectivity index (χ2v) is 3.61. The van der Waals surface area contributed by atoms with E-state index in [4.69, 9.17) is 0 Å². The van der Waals surface area contributed by atoms with Crippen molar-refractivity contribution in [3.8, 4) is 0 Å². The molecule has 1 rings (SSSR count). The first-order valence-corrected chi connectivity index (χ1v) is 4.05. The number of likely N-dealkylation sites (N-methyl/N-ethyl adjacent to an activating group) is 1. The Morgan fingerprint density at radius 2 is 2.20 bits per heavy atom. The minimum absolute atomic E-state index is 0.355. The number of hydrogen-bond acceptors (Lipinski definition) is 1. The molecule has 0 radical (unpaired) electrons. The van der Waals surface area contributed by atoms with Gasteiger partial charge in [-0.3, -0.25) is 0 Å². The van der Waals surface area contributed by atoms with Gasteiger partial charge in [-0.2, -0.15) is 0 Å². The highest BCUT2D eigenvalue weighted by atomic mass is 14.9. The first kappa shape index (κ1) is 7.80. The van der Waals surface area contributed by atoms with E-state index in [1.807, 2.05) is 7.05 Å². The van der Waals surface area contributed by atoms with Crippen LogP contribution < -0.4 is 5.32 Å². The summed E-state index contributed by atoms with van der Waals surface area (Å²) >= 11 is 0.